The van der Waals surface area contributed by atoms with Gasteiger partial charge in [-0.3, -0.25) is 0 Å². The lowest BCUT2D eigenvalue weighted by atomic mass is 10.0. The van der Waals surface area contributed by atoms with Gasteiger partial charge in [-0.1, -0.05) is 97.1 Å². The Morgan fingerprint density at radius 1 is 0.346 bits per heavy atom. The largest absolute Gasteiger partial charge is 0.456 e. The summed E-state index contributed by atoms with van der Waals surface area (Å²) >= 11 is 1.84. The Labute approximate surface area is 303 Å². The molecule has 0 fully saturated rings. The highest BCUT2D eigenvalue weighted by atomic mass is 32.1. The van der Waals surface area contributed by atoms with Crippen molar-refractivity contribution in [1.29, 1.82) is 0 Å². The van der Waals surface area contributed by atoms with Crippen molar-refractivity contribution in [1.82, 2.24) is 0 Å². The first-order chi connectivity index (χ1) is 25.7. The second-order valence-electron chi connectivity index (χ2n) is 13.3. The van der Waals surface area contributed by atoms with Crippen LogP contribution < -0.4 is 4.90 Å². The van der Waals surface area contributed by atoms with Crippen molar-refractivity contribution < 1.29 is 8.83 Å². The van der Waals surface area contributed by atoms with Crippen LogP contribution in [0.15, 0.2) is 185 Å². The fraction of sp³-hybridized carbons (Fsp3) is 0. The average molecular weight is 684 g/mol. The number of thiophene rings is 1. The fourth-order valence-electron chi connectivity index (χ4n) is 7.81. The maximum atomic E-state index is 6.28. The number of anilines is 3. The molecule has 11 rings (SSSR count). The van der Waals surface area contributed by atoms with E-state index in [0.717, 1.165) is 83.2 Å². The monoisotopic (exact) mass is 683 g/mol. The van der Waals surface area contributed by atoms with Gasteiger partial charge in [-0.2, -0.15) is 0 Å². The minimum absolute atomic E-state index is 0.895. The van der Waals surface area contributed by atoms with Gasteiger partial charge in [0, 0.05) is 53.1 Å². The van der Waals surface area contributed by atoms with Gasteiger partial charge in [0.15, 0.2) is 0 Å². The summed E-state index contributed by atoms with van der Waals surface area (Å²) in [6.45, 7) is 0. The van der Waals surface area contributed by atoms with Crippen LogP contribution in [0.25, 0.3) is 86.3 Å². The third kappa shape index (κ3) is 4.58. The van der Waals surface area contributed by atoms with Crippen molar-refractivity contribution in [2.45, 2.75) is 0 Å². The zero-order chi connectivity index (χ0) is 34.2. The van der Waals surface area contributed by atoms with E-state index in [2.05, 4.69) is 157 Å². The number of furan rings is 2. The van der Waals surface area contributed by atoms with Crippen LogP contribution in [0, 0.1) is 0 Å². The molecule has 0 aliphatic carbocycles. The highest BCUT2D eigenvalue weighted by molar-refractivity contribution is 7.26. The van der Waals surface area contributed by atoms with Crippen LogP contribution in [0.4, 0.5) is 17.1 Å². The predicted octanol–water partition coefficient (Wildman–Crippen LogP) is 14.7. The molecule has 0 aliphatic rings. The second kappa shape index (κ2) is 11.5. The van der Waals surface area contributed by atoms with Crippen LogP contribution in [0.1, 0.15) is 0 Å². The average Bonchev–Trinajstić information content (AvgIpc) is 3.89. The number of nitrogens with zero attached hydrogens (tertiary/aromatic N) is 1. The Bertz CT molecular complexity index is 3150. The van der Waals surface area contributed by atoms with Gasteiger partial charge in [0.1, 0.15) is 22.3 Å². The molecule has 3 aromatic heterocycles. The molecule has 11 aromatic rings. The molecule has 4 heteroatoms. The van der Waals surface area contributed by atoms with Gasteiger partial charge in [0.2, 0.25) is 0 Å². The molecular weight excluding hydrogens is 655 g/mol. The summed E-state index contributed by atoms with van der Waals surface area (Å²) in [4.78, 5) is 2.40. The summed E-state index contributed by atoms with van der Waals surface area (Å²) in [6, 6.07) is 62.7. The predicted molar refractivity (Wildman–Crippen MR) is 219 cm³/mol. The number of hydrogen-bond donors (Lipinski definition) is 0. The first-order valence-electron chi connectivity index (χ1n) is 17.5. The zero-order valence-corrected chi connectivity index (χ0v) is 28.7. The smallest absolute Gasteiger partial charge is 0.136 e. The van der Waals surface area contributed by atoms with E-state index in [4.69, 9.17) is 8.83 Å². The minimum Gasteiger partial charge on any atom is -0.456 e. The lowest BCUT2D eigenvalue weighted by Gasteiger charge is -2.27. The van der Waals surface area contributed by atoms with Crippen LogP contribution in [0.2, 0.25) is 0 Å². The summed E-state index contributed by atoms with van der Waals surface area (Å²) in [5, 5.41) is 7.08. The Balaban J connectivity index is 1.06. The van der Waals surface area contributed by atoms with Gasteiger partial charge in [-0.25, -0.2) is 0 Å². The summed E-state index contributed by atoms with van der Waals surface area (Å²) in [7, 11) is 0. The summed E-state index contributed by atoms with van der Waals surface area (Å²) in [5.74, 6) is 0. The van der Waals surface area contributed by atoms with Crippen LogP contribution in [-0.4, -0.2) is 0 Å². The molecule has 0 spiro atoms. The van der Waals surface area contributed by atoms with Crippen LogP contribution in [0.3, 0.4) is 0 Å². The van der Waals surface area contributed by atoms with Crippen molar-refractivity contribution in [2.24, 2.45) is 0 Å². The molecule has 0 aliphatic heterocycles. The molecule has 0 bridgehead atoms. The molecule has 244 valence electrons. The Kier molecular flexibility index (Phi) is 6.42. The molecule has 0 saturated carbocycles. The molecule has 0 radical (unpaired) electrons. The van der Waals surface area contributed by atoms with Gasteiger partial charge >= 0.3 is 0 Å². The van der Waals surface area contributed by atoms with E-state index in [1.54, 1.807) is 0 Å². The molecule has 0 N–H and O–H groups in total. The normalized spacial score (nSPS) is 11.8. The molecule has 3 heterocycles. The van der Waals surface area contributed by atoms with Crippen LogP contribution in [0.5, 0.6) is 0 Å². The van der Waals surface area contributed by atoms with E-state index in [-0.39, 0.29) is 0 Å². The summed E-state index contributed by atoms with van der Waals surface area (Å²) < 4.78 is 15.1. The number of hydrogen-bond acceptors (Lipinski definition) is 4. The van der Waals surface area contributed by atoms with Crippen molar-refractivity contribution >= 4 is 92.4 Å². The van der Waals surface area contributed by atoms with Crippen LogP contribution in [-0.2, 0) is 0 Å². The SMILES string of the molecule is c1cc(-c2ccc3c(c2)oc2ccccc23)cc(N(c2ccc(-c3ccc4c(c3)oc3ccccc34)cc2)c2cccc3sc4ccccc4c23)c1. The third-order valence-electron chi connectivity index (χ3n) is 10.3. The van der Waals surface area contributed by atoms with E-state index in [9.17, 15) is 0 Å². The highest BCUT2D eigenvalue weighted by Gasteiger charge is 2.20. The van der Waals surface area contributed by atoms with Crippen molar-refractivity contribution in [3.63, 3.8) is 0 Å². The molecule has 0 saturated heterocycles. The van der Waals surface area contributed by atoms with E-state index in [1.165, 1.54) is 20.2 Å². The number of rotatable bonds is 5. The van der Waals surface area contributed by atoms with Gasteiger partial charge < -0.3 is 13.7 Å². The Morgan fingerprint density at radius 3 is 1.60 bits per heavy atom. The molecule has 3 nitrogen and oxygen atoms in total. The molecule has 0 unspecified atom stereocenters. The maximum absolute atomic E-state index is 6.28. The number of benzene rings is 8. The van der Waals surface area contributed by atoms with Gasteiger partial charge in [0.25, 0.3) is 0 Å². The zero-order valence-electron chi connectivity index (χ0n) is 27.9. The molecule has 0 atom stereocenters. The van der Waals surface area contributed by atoms with E-state index in [1.807, 2.05) is 35.6 Å². The second-order valence-corrected chi connectivity index (χ2v) is 14.4. The molecule has 52 heavy (non-hydrogen) atoms. The summed E-state index contributed by atoms with van der Waals surface area (Å²) in [6.07, 6.45) is 0. The number of para-hydroxylation sites is 2. The van der Waals surface area contributed by atoms with Crippen molar-refractivity contribution in [3.8, 4) is 22.3 Å². The third-order valence-corrected chi connectivity index (χ3v) is 11.4. The quantitative estimate of drug-likeness (QED) is 0.181. The van der Waals surface area contributed by atoms with Crippen LogP contribution >= 0.6 is 11.3 Å². The minimum atomic E-state index is 0.895. The molecule has 8 aromatic carbocycles. The van der Waals surface area contributed by atoms with Crippen molar-refractivity contribution in [3.05, 3.63) is 176 Å². The lowest BCUT2D eigenvalue weighted by molar-refractivity contribution is 0.668. The molecule has 0 amide bonds. The summed E-state index contributed by atoms with van der Waals surface area (Å²) in [5.41, 5.74) is 11.4. The lowest BCUT2D eigenvalue weighted by Crippen LogP contribution is -2.10. The van der Waals surface area contributed by atoms with Crippen molar-refractivity contribution in [2.75, 3.05) is 4.90 Å². The molecular formula is C48H29NO2S. The maximum Gasteiger partial charge on any atom is 0.136 e. The van der Waals surface area contributed by atoms with Gasteiger partial charge in [-0.05, 0) is 101 Å². The van der Waals surface area contributed by atoms with E-state index in [0.29, 0.717) is 0 Å². The van der Waals surface area contributed by atoms with Gasteiger partial charge in [-0.15, -0.1) is 11.3 Å². The first kappa shape index (κ1) is 29.1. The fourth-order valence-corrected chi connectivity index (χ4v) is 8.93. The number of fused-ring (bicyclic) bond motifs is 9. The van der Waals surface area contributed by atoms with Gasteiger partial charge in [0.05, 0.1) is 5.69 Å². The highest BCUT2D eigenvalue weighted by Crippen LogP contribution is 2.46. The standard InChI is InChI=1S/C48H29NO2S/c1-4-15-42-36(11-1)38-25-21-32(28-44(38)50-42)30-19-23-34(24-20-30)49(41-14-8-18-47-48(41)40-13-3-6-17-46(40)52-47)35-10-7-9-31(27-35)33-22-26-39-37-12-2-5-16-43(37)51-45(39)29-33/h1-29H. The first-order valence-corrected chi connectivity index (χ1v) is 18.3. The Hall–Kier alpha value is -6.62. The Morgan fingerprint density at radius 2 is 0.885 bits per heavy atom. The topological polar surface area (TPSA) is 29.5 Å². The van der Waals surface area contributed by atoms with E-state index < -0.39 is 0 Å². The van der Waals surface area contributed by atoms with E-state index >= 15 is 0 Å².